The van der Waals surface area contributed by atoms with Crippen LogP contribution in [0.25, 0.3) is 0 Å². The van der Waals surface area contributed by atoms with Gasteiger partial charge in [0.05, 0.1) is 12.6 Å². The van der Waals surface area contributed by atoms with Crippen LogP contribution in [0.5, 0.6) is 5.75 Å². The number of pyridine rings is 1. The Hall–Kier alpha value is -3.66. The molecule has 1 fully saturated rings. The largest absolute Gasteiger partial charge is 0.490 e. The van der Waals surface area contributed by atoms with E-state index >= 15 is 0 Å². The molecular weight excluding hydrogens is 484 g/mol. The summed E-state index contributed by atoms with van der Waals surface area (Å²) >= 11 is 6.00. The highest BCUT2D eigenvalue weighted by Gasteiger charge is 2.24. The lowest BCUT2D eigenvalue weighted by atomic mass is 9.93. The predicted octanol–water partition coefficient (Wildman–Crippen LogP) is 2.68. The molecule has 11 heteroatoms. The first-order valence-electron chi connectivity index (χ1n) is 12.0. The first-order valence-corrected chi connectivity index (χ1v) is 12.3. The average molecular weight is 513 g/mol. The third-order valence-electron chi connectivity index (χ3n) is 6.22. The van der Waals surface area contributed by atoms with E-state index in [9.17, 15) is 14.4 Å². The Labute approximate surface area is 213 Å². The van der Waals surface area contributed by atoms with E-state index < -0.39 is 11.4 Å². The quantitative estimate of drug-likeness (QED) is 0.476. The van der Waals surface area contributed by atoms with E-state index in [1.165, 1.54) is 4.57 Å². The van der Waals surface area contributed by atoms with E-state index in [4.69, 9.17) is 16.3 Å². The molecular formula is C25H29ClN6O4. The molecule has 0 bridgehead atoms. The molecule has 1 aliphatic rings. The Morgan fingerprint density at radius 2 is 1.83 bits per heavy atom. The van der Waals surface area contributed by atoms with Crippen molar-refractivity contribution in [1.29, 1.82) is 0 Å². The van der Waals surface area contributed by atoms with Gasteiger partial charge in [-0.05, 0) is 56.4 Å². The van der Waals surface area contributed by atoms with Crippen molar-refractivity contribution in [2.75, 3.05) is 12.4 Å². The highest BCUT2D eigenvalue weighted by Crippen LogP contribution is 2.26. The maximum absolute atomic E-state index is 13.1. The number of amides is 1. The molecule has 4 rings (SSSR count). The summed E-state index contributed by atoms with van der Waals surface area (Å²) in [6.45, 7) is 2.25. The van der Waals surface area contributed by atoms with Crippen LogP contribution in [0.15, 0.2) is 52.2 Å². The Bertz CT molecular complexity index is 1330. The zero-order valence-electron chi connectivity index (χ0n) is 20.2. The Morgan fingerprint density at radius 3 is 2.50 bits per heavy atom. The first-order chi connectivity index (χ1) is 17.4. The molecule has 1 aliphatic carbocycles. The standard InChI is InChI=1S/C25H29ClN6O4/c1-3-31-24(34)30-23(32(25(31)35)15-16-4-6-17(26)7-5-16)29-18-8-10-19(11-9-18)36-20-12-13-28-21(14-20)22(33)27-2/h4-7,12-14,18-19H,3,8-11,15H2,1-2H3,(H,27,33)(H,29,30,34). The van der Waals surface area contributed by atoms with Gasteiger partial charge < -0.3 is 15.4 Å². The zero-order chi connectivity index (χ0) is 25.7. The van der Waals surface area contributed by atoms with Crippen LogP contribution >= 0.6 is 11.6 Å². The van der Waals surface area contributed by atoms with Crippen molar-refractivity contribution in [2.24, 2.45) is 0 Å². The number of nitrogens with zero attached hydrogens (tertiary/aromatic N) is 4. The number of nitrogens with one attached hydrogen (secondary N) is 2. The van der Waals surface area contributed by atoms with E-state index in [1.807, 2.05) is 12.1 Å². The number of aromatic nitrogens is 4. The van der Waals surface area contributed by atoms with Crippen LogP contribution < -0.4 is 26.7 Å². The van der Waals surface area contributed by atoms with Gasteiger partial charge in [-0.25, -0.2) is 14.2 Å². The van der Waals surface area contributed by atoms with E-state index in [0.717, 1.165) is 35.8 Å². The van der Waals surface area contributed by atoms with Crippen LogP contribution in [0.3, 0.4) is 0 Å². The predicted molar refractivity (Wildman–Crippen MR) is 137 cm³/mol. The van der Waals surface area contributed by atoms with Gasteiger partial charge in [-0.3, -0.25) is 14.3 Å². The molecule has 0 saturated heterocycles. The van der Waals surface area contributed by atoms with Crippen LogP contribution in [-0.4, -0.2) is 44.2 Å². The summed E-state index contributed by atoms with van der Waals surface area (Å²) in [6.07, 6.45) is 4.61. The van der Waals surface area contributed by atoms with E-state index in [1.54, 1.807) is 44.4 Å². The maximum atomic E-state index is 13.1. The van der Waals surface area contributed by atoms with Gasteiger partial charge in [0.25, 0.3) is 5.91 Å². The molecule has 2 aromatic heterocycles. The molecule has 0 aliphatic heterocycles. The van der Waals surface area contributed by atoms with Gasteiger partial charge in [0.1, 0.15) is 11.4 Å². The first kappa shape index (κ1) is 25.4. The van der Waals surface area contributed by atoms with Crippen molar-refractivity contribution < 1.29 is 9.53 Å². The summed E-state index contributed by atoms with van der Waals surface area (Å²) in [4.78, 5) is 45.6. The second kappa shape index (κ2) is 11.4. The van der Waals surface area contributed by atoms with Gasteiger partial charge in [0, 0.05) is 36.9 Å². The van der Waals surface area contributed by atoms with Crippen molar-refractivity contribution in [3.05, 3.63) is 79.8 Å². The molecule has 0 atom stereocenters. The minimum absolute atomic E-state index is 0.0136. The monoisotopic (exact) mass is 512 g/mol. The van der Waals surface area contributed by atoms with E-state index in [2.05, 4.69) is 20.6 Å². The van der Waals surface area contributed by atoms with Gasteiger partial charge in [0.15, 0.2) is 0 Å². The van der Waals surface area contributed by atoms with E-state index in [-0.39, 0.29) is 37.1 Å². The lowest BCUT2D eigenvalue weighted by Crippen LogP contribution is -2.44. The van der Waals surface area contributed by atoms with Crippen molar-refractivity contribution in [3.8, 4) is 5.75 Å². The second-order valence-corrected chi connectivity index (χ2v) is 9.09. The van der Waals surface area contributed by atoms with Crippen LogP contribution in [0.4, 0.5) is 5.95 Å². The number of halogens is 1. The van der Waals surface area contributed by atoms with Crippen LogP contribution in [0, 0.1) is 0 Å². The minimum atomic E-state index is -0.570. The zero-order valence-corrected chi connectivity index (χ0v) is 21.0. The summed E-state index contributed by atoms with van der Waals surface area (Å²) in [5.74, 6) is 0.593. The number of anilines is 1. The number of rotatable bonds is 8. The number of benzene rings is 1. The van der Waals surface area contributed by atoms with Crippen molar-refractivity contribution in [2.45, 2.75) is 57.8 Å². The molecule has 0 spiro atoms. The van der Waals surface area contributed by atoms with Crippen LogP contribution in [0.1, 0.15) is 48.7 Å². The number of carbonyl (C=O) groups is 1. The van der Waals surface area contributed by atoms with Crippen LogP contribution in [-0.2, 0) is 13.1 Å². The maximum Gasteiger partial charge on any atom is 0.354 e. The third kappa shape index (κ3) is 5.93. The van der Waals surface area contributed by atoms with Crippen LogP contribution in [0.2, 0.25) is 5.02 Å². The summed E-state index contributed by atoms with van der Waals surface area (Å²) in [5.41, 5.74) is 0.200. The lowest BCUT2D eigenvalue weighted by molar-refractivity contribution is 0.0956. The fourth-order valence-electron chi connectivity index (χ4n) is 4.26. The summed E-state index contributed by atoms with van der Waals surface area (Å²) in [7, 11) is 1.56. The van der Waals surface area contributed by atoms with Gasteiger partial charge in [-0.2, -0.15) is 4.98 Å². The molecule has 190 valence electrons. The Balaban J connectivity index is 1.45. The van der Waals surface area contributed by atoms with Crippen molar-refractivity contribution in [1.82, 2.24) is 24.4 Å². The lowest BCUT2D eigenvalue weighted by Gasteiger charge is -2.30. The molecule has 3 aromatic rings. The fourth-order valence-corrected chi connectivity index (χ4v) is 4.39. The Kier molecular flexibility index (Phi) is 8.04. The summed E-state index contributed by atoms with van der Waals surface area (Å²) < 4.78 is 8.70. The number of hydrogen-bond acceptors (Lipinski definition) is 7. The molecule has 1 saturated carbocycles. The summed E-state index contributed by atoms with van der Waals surface area (Å²) in [5, 5.41) is 6.49. The minimum Gasteiger partial charge on any atom is -0.490 e. The van der Waals surface area contributed by atoms with Crippen molar-refractivity contribution >= 4 is 23.5 Å². The van der Waals surface area contributed by atoms with Gasteiger partial charge >= 0.3 is 11.4 Å². The fraction of sp³-hybridized carbons (Fsp3) is 0.400. The molecule has 36 heavy (non-hydrogen) atoms. The molecule has 1 aromatic carbocycles. The molecule has 0 unspecified atom stereocenters. The average Bonchev–Trinajstić information content (AvgIpc) is 2.88. The molecule has 10 nitrogen and oxygen atoms in total. The number of hydrogen-bond donors (Lipinski definition) is 2. The SMILES string of the molecule is CCn1c(=O)nc(NC2CCC(Oc3ccnc(C(=O)NC)c3)CC2)n(Cc2ccc(Cl)cc2)c1=O. The smallest absolute Gasteiger partial charge is 0.354 e. The number of ether oxygens (including phenoxy) is 1. The number of carbonyl (C=O) groups excluding carboxylic acids is 1. The van der Waals surface area contributed by atoms with Gasteiger partial charge in [0.2, 0.25) is 5.95 Å². The topological polar surface area (TPSA) is 120 Å². The molecule has 1 amide bonds. The van der Waals surface area contributed by atoms with E-state index in [0.29, 0.717) is 16.5 Å². The molecule has 0 radical (unpaired) electrons. The van der Waals surface area contributed by atoms with Gasteiger partial charge in [-0.15, -0.1) is 0 Å². The molecule has 2 N–H and O–H groups in total. The van der Waals surface area contributed by atoms with Gasteiger partial charge in [-0.1, -0.05) is 23.7 Å². The third-order valence-corrected chi connectivity index (χ3v) is 6.47. The highest BCUT2D eigenvalue weighted by molar-refractivity contribution is 6.30. The molecule has 2 heterocycles. The normalized spacial score (nSPS) is 17.4. The Morgan fingerprint density at radius 1 is 1.11 bits per heavy atom. The highest BCUT2D eigenvalue weighted by atomic mass is 35.5. The second-order valence-electron chi connectivity index (χ2n) is 8.65. The summed E-state index contributed by atoms with van der Waals surface area (Å²) in [6, 6.07) is 10.6. The van der Waals surface area contributed by atoms with Crippen molar-refractivity contribution in [3.63, 3.8) is 0 Å².